The molecule has 4 nitrogen and oxygen atoms in total. The molecule has 3 aromatic rings. The van der Waals surface area contributed by atoms with Crippen LogP contribution >= 0.6 is 0 Å². The quantitative estimate of drug-likeness (QED) is 0.550. The molecule has 4 rings (SSSR count). The molecule has 1 saturated carbocycles. The molecular formula is C26H33N3O. The van der Waals surface area contributed by atoms with Crippen LogP contribution in [0.2, 0.25) is 0 Å². The van der Waals surface area contributed by atoms with Gasteiger partial charge in [-0.1, -0.05) is 50.1 Å². The van der Waals surface area contributed by atoms with E-state index in [4.69, 9.17) is 0 Å². The van der Waals surface area contributed by atoms with Crippen molar-refractivity contribution < 1.29 is 4.79 Å². The molecule has 1 aliphatic carbocycles. The first-order valence-electron chi connectivity index (χ1n) is 11.2. The summed E-state index contributed by atoms with van der Waals surface area (Å²) < 4.78 is 0. The maximum atomic E-state index is 13.2. The Kier molecular flexibility index (Phi) is 6.12. The molecule has 30 heavy (non-hydrogen) atoms. The summed E-state index contributed by atoms with van der Waals surface area (Å²) in [6.45, 7) is 2.04. The second-order valence-corrected chi connectivity index (χ2v) is 8.98. The number of carbonyl (C=O) groups excluding carboxylic acids is 1. The van der Waals surface area contributed by atoms with Gasteiger partial charge >= 0.3 is 0 Å². The normalized spacial score (nSPS) is 16.5. The number of nitrogens with one attached hydrogen (secondary N) is 2. The van der Waals surface area contributed by atoms with Crippen LogP contribution in [0.15, 0.2) is 54.7 Å². The Morgan fingerprint density at radius 3 is 2.67 bits per heavy atom. The predicted molar refractivity (Wildman–Crippen MR) is 125 cm³/mol. The second-order valence-electron chi connectivity index (χ2n) is 8.98. The molecular weight excluding hydrogens is 370 g/mol. The summed E-state index contributed by atoms with van der Waals surface area (Å²) in [5.74, 6) is 0.587. The molecule has 1 aliphatic rings. The summed E-state index contributed by atoms with van der Waals surface area (Å²) in [5, 5.41) is 4.65. The predicted octanol–water partition coefficient (Wildman–Crippen LogP) is 5.46. The first kappa shape index (κ1) is 20.5. The van der Waals surface area contributed by atoms with Crippen molar-refractivity contribution in [3.05, 3.63) is 65.9 Å². The molecule has 1 aromatic heterocycles. The van der Waals surface area contributed by atoms with E-state index in [9.17, 15) is 4.79 Å². The summed E-state index contributed by atoms with van der Waals surface area (Å²) in [5.41, 5.74) is 4.74. The number of nitrogens with zero attached hydrogens (tertiary/aromatic N) is 1. The number of benzene rings is 2. The van der Waals surface area contributed by atoms with E-state index in [0.29, 0.717) is 5.92 Å². The van der Waals surface area contributed by atoms with Gasteiger partial charge in [-0.05, 0) is 54.5 Å². The van der Waals surface area contributed by atoms with Crippen molar-refractivity contribution >= 4 is 22.5 Å². The minimum absolute atomic E-state index is 0.0786. The van der Waals surface area contributed by atoms with Crippen LogP contribution in [0.25, 0.3) is 10.9 Å². The highest BCUT2D eigenvalue weighted by atomic mass is 16.1. The molecule has 1 heterocycles. The fourth-order valence-corrected chi connectivity index (χ4v) is 4.78. The zero-order valence-electron chi connectivity index (χ0n) is 18.3. The number of aromatic amines is 1. The van der Waals surface area contributed by atoms with E-state index in [1.807, 2.05) is 19.2 Å². The van der Waals surface area contributed by atoms with Crippen LogP contribution in [-0.4, -0.2) is 25.0 Å². The number of para-hydroxylation sites is 1. The average molecular weight is 404 g/mol. The Bertz CT molecular complexity index is 1000. The van der Waals surface area contributed by atoms with Crippen molar-refractivity contribution in [2.75, 3.05) is 19.0 Å². The number of amides is 1. The van der Waals surface area contributed by atoms with E-state index in [-0.39, 0.29) is 17.9 Å². The van der Waals surface area contributed by atoms with Crippen LogP contribution in [0.5, 0.6) is 0 Å². The molecule has 4 heteroatoms. The number of rotatable bonds is 7. The van der Waals surface area contributed by atoms with Crippen LogP contribution < -0.4 is 10.2 Å². The lowest BCUT2D eigenvalue weighted by Gasteiger charge is -2.28. The smallest absolute Gasteiger partial charge is 0.223 e. The SMILES string of the molecule is CC(Cc1c[nH]c2ccccc12)C(=O)NC(c1cccc(N(C)C)c1)C1CCCC1. The molecule has 0 aliphatic heterocycles. The van der Waals surface area contributed by atoms with Crippen LogP contribution in [0, 0.1) is 11.8 Å². The molecule has 0 radical (unpaired) electrons. The molecule has 2 atom stereocenters. The Morgan fingerprint density at radius 2 is 1.90 bits per heavy atom. The van der Waals surface area contributed by atoms with Crippen LogP contribution in [0.1, 0.15) is 49.8 Å². The summed E-state index contributed by atoms with van der Waals surface area (Å²) in [6, 6.07) is 17.0. The van der Waals surface area contributed by atoms with E-state index < -0.39 is 0 Å². The summed E-state index contributed by atoms with van der Waals surface area (Å²) in [4.78, 5) is 18.7. The highest BCUT2D eigenvalue weighted by Gasteiger charge is 2.29. The number of aromatic nitrogens is 1. The Hall–Kier alpha value is -2.75. The van der Waals surface area contributed by atoms with Gasteiger partial charge in [0.1, 0.15) is 0 Å². The number of H-pyrrole nitrogens is 1. The van der Waals surface area contributed by atoms with Gasteiger partial charge in [-0.2, -0.15) is 0 Å². The first-order valence-corrected chi connectivity index (χ1v) is 11.2. The van der Waals surface area contributed by atoms with Gasteiger partial charge in [0.2, 0.25) is 5.91 Å². The topological polar surface area (TPSA) is 48.1 Å². The maximum Gasteiger partial charge on any atom is 0.223 e. The van der Waals surface area contributed by atoms with Gasteiger partial charge in [0.25, 0.3) is 0 Å². The molecule has 2 N–H and O–H groups in total. The van der Waals surface area contributed by atoms with Crippen molar-refractivity contribution in [2.45, 2.75) is 45.1 Å². The zero-order chi connectivity index (χ0) is 21.1. The lowest BCUT2D eigenvalue weighted by atomic mass is 9.90. The van der Waals surface area contributed by atoms with Crippen LogP contribution in [0.4, 0.5) is 5.69 Å². The number of fused-ring (bicyclic) bond motifs is 1. The largest absolute Gasteiger partial charge is 0.378 e. The standard InChI is InChI=1S/C26H33N3O/c1-18(15-21-17-27-24-14-7-6-13-23(21)24)26(30)28-25(19-9-4-5-10-19)20-11-8-12-22(16-20)29(2)3/h6-8,11-14,16-19,25,27H,4-5,9-10,15H2,1-3H3,(H,28,30). The van der Waals surface area contributed by atoms with E-state index >= 15 is 0 Å². The number of carbonyl (C=O) groups is 1. The van der Waals surface area contributed by atoms with Crippen molar-refractivity contribution in [3.8, 4) is 0 Å². The van der Waals surface area contributed by atoms with Crippen molar-refractivity contribution in [1.29, 1.82) is 0 Å². The Morgan fingerprint density at radius 1 is 1.13 bits per heavy atom. The third kappa shape index (κ3) is 4.38. The molecule has 2 unspecified atom stereocenters. The van der Waals surface area contributed by atoms with E-state index in [0.717, 1.165) is 11.9 Å². The van der Waals surface area contributed by atoms with Crippen LogP contribution in [0.3, 0.4) is 0 Å². The highest BCUT2D eigenvalue weighted by Crippen LogP contribution is 2.37. The van der Waals surface area contributed by atoms with Gasteiger partial charge in [0.05, 0.1) is 6.04 Å². The number of hydrogen-bond acceptors (Lipinski definition) is 2. The van der Waals surface area contributed by atoms with Gasteiger partial charge in [-0.25, -0.2) is 0 Å². The molecule has 0 bridgehead atoms. The lowest BCUT2D eigenvalue weighted by molar-refractivity contribution is -0.125. The Labute approximate surface area is 179 Å². The van der Waals surface area contributed by atoms with Gasteiger partial charge in [0, 0.05) is 42.8 Å². The fraction of sp³-hybridized carbons (Fsp3) is 0.423. The van der Waals surface area contributed by atoms with Gasteiger partial charge in [-0.15, -0.1) is 0 Å². The minimum atomic E-state index is -0.0786. The second kappa shape index (κ2) is 8.95. The summed E-state index contributed by atoms with van der Waals surface area (Å²) in [7, 11) is 4.12. The van der Waals surface area contributed by atoms with Gasteiger partial charge in [-0.3, -0.25) is 4.79 Å². The fourth-order valence-electron chi connectivity index (χ4n) is 4.78. The van der Waals surface area contributed by atoms with E-state index in [2.05, 4.69) is 71.8 Å². The molecule has 2 aromatic carbocycles. The zero-order valence-corrected chi connectivity index (χ0v) is 18.3. The average Bonchev–Trinajstić information content (AvgIpc) is 3.42. The van der Waals surface area contributed by atoms with Gasteiger partial charge in [0.15, 0.2) is 0 Å². The van der Waals surface area contributed by atoms with Crippen molar-refractivity contribution in [3.63, 3.8) is 0 Å². The number of hydrogen-bond donors (Lipinski definition) is 2. The van der Waals surface area contributed by atoms with Crippen molar-refractivity contribution in [1.82, 2.24) is 10.3 Å². The molecule has 0 saturated heterocycles. The van der Waals surface area contributed by atoms with Crippen molar-refractivity contribution in [2.24, 2.45) is 11.8 Å². The minimum Gasteiger partial charge on any atom is -0.378 e. The Balaban J connectivity index is 1.52. The summed E-state index contributed by atoms with van der Waals surface area (Å²) in [6.07, 6.45) is 7.68. The third-order valence-electron chi connectivity index (χ3n) is 6.56. The van der Waals surface area contributed by atoms with E-state index in [1.165, 1.54) is 47.9 Å². The highest BCUT2D eigenvalue weighted by molar-refractivity contribution is 5.85. The maximum absolute atomic E-state index is 13.2. The molecule has 158 valence electrons. The van der Waals surface area contributed by atoms with E-state index in [1.54, 1.807) is 0 Å². The van der Waals surface area contributed by atoms with Crippen LogP contribution in [-0.2, 0) is 11.2 Å². The van der Waals surface area contributed by atoms with Gasteiger partial charge < -0.3 is 15.2 Å². The molecule has 0 spiro atoms. The lowest BCUT2D eigenvalue weighted by Crippen LogP contribution is -2.36. The molecule has 1 amide bonds. The summed E-state index contributed by atoms with van der Waals surface area (Å²) >= 11 is 0. The first-order chi connectivity index (χ1) is 14.5. The number of anilines is 1. The third-order valence-corrected chi connectivity index (χ3v) is 6.56. The monoisotopic (exact) mass is 403 g/mol. The molecule has 1 fully saturated rings.